The van der Waals surface area contributed by atoms with Gasteiger partial charge in [0.1, 0.15) is 5.75 Å². The van der Waals surface area contributed by atoms with E-state index in [0.717, 1.165) is 42.6 Å². The highest BCUT2D eigenvalue weighted by Gasteiger charge is 2.50. The third-order valence-electron chi connectivity index (χ3n) is 7.41. The third-order valence-corrected chi connectivity index (χ3v) is 7.41. The van der Waals surface area contributed by atoms with Gasteiger partial charge < -0.3 is 29.0 Å². The Morgan fingerprint density at radius 3 is 2.31 bits per heavy atom. The molecule has 2 aromatic rings. The third kappa shape index (κ3) is 4.82. The van der Waals surface area contributed by atoms with E-state index in [1.807, 2.05) is 29.2 Å². The molecule has 7 nitrogen and oxygen atoms in total. The van der Waals surface area contributed by atoms with Crippen molar-refractivity contribution in [3.05, 3.63) is 53.6 Å². The topological polar surface area (TPSA) is 77.5 Å². The van der Waals surface area contributed by atoms with Crippen molar-refractivity contribution in [2.75, 3.05) is 35.0 Å². The second kappa shape index (κ2) is 10.6. The van der Waals surface area contributed by atoms with Gasteiger partial charge >= 0.3 is 0 Å². The van der Waals surface area contributed by atoms with Crippen LogP contribution in [-0.2, 0) is 4.79 Å². The fourth-order valence-corrected chi connectivity index (χ4v) is 5.69. The summed E-state index contributed by atoms with van der Waals surface area (Å²) in [6, 6.07) is 11.2. The number of methoxy groups -OCH3 is 4. The van der Waals surface area contributed by atoms with Gasteiger partial charge in [-0.05, 0) is 49.1 Å². The Bertz CT molecular complexity index is 1060. The van der Waals surface area contributed by atoms with Crippen molar-refractivity contribution in [3.63, 3.8) is 0 Å². The quantitative estimate of drug-likeness (QED) is 0.581. The van der Waals surface area contributed by atoms with Gasteiger partial charge in [-0.2, -0.15) is 0 Å². The monoisotopic (exact) mass is 481 g/mol. The van der Waals surface area contributed by atoms with Crippen LogP contribution in [0.15, 0.2) is 42.5 Å². The minimum absolute atomic E-state index is 0.0418. The Morgan fingerprint density at radius 2 is 1.66 bits per heavy atom. The summed E-state index contributed by atoms with van der Waals surface area (Å²) in [5.74, 6) is 2.13. The average molecular weight is 482 g/mol. The molecular formula is C28H35NO6. The van der Waals surface area contributed by atoms with E-state index in [9.17, 15) is 9.90 Å². The van der Waals surface area contributed by atoms with Gasteiger partial charge in [0.15, 0.2) is 11.5 Å². The molecule has 0 spiro atoms. The Balaban J connectivity index is 1.68. The highest BCUT2D eigenvalue weighted by atomic mass is 16.5. The molecule has 1 heterocycles. The number of amides is 1. The first-order valence-corrected chi connectivity index (χ1v) is 12.1. The molecule has 0 bridgehead atoms. The average Bonchev–Trinajstić information content (AvgIpc) is 2.89. The molecule has 0 radical (unpaired) electrons. The molecule has 7 heteroatoms. The zero-order valence-corrected chi connectivity index (χ0v) is 21.0. The number of piperidine rings is 1. The number of ether oxygens (including phenoxy) is 4. The van der Waals surface area contributed by atoms with Crippen LogP contribution in [0.1, 0.15) is 49.3 Å². The number of aliphatic hydroxyl groups is 1. The van der Waals surface area contributed by atoms with Gasteiger partial charge in [0.2, 0.25) is 11.7 Å². The zero-order valence-electron chi connectivity index (χ0n) is 21.0. The van der Waals surface area contributed by atoms with E-state index in [1.54, 1.807) is 52.7 Å². The normalized spacial score (nSPS) is 24.1. The van der Waals surface area contributed by atoms with Gasteiger partial charge in [0.05, 0.1) is 40.1 Å². The van der Waals surface area contributed by atoms with Crippen LogP contribution >= 0.6 is 0 Å². The number of para-hydroxylation sites is 1. The van der Waals surface area contributed by atoms with E-state index < -0.39 is 5.60 Å². The fourth-order valence-electron chi connectivity index (χ4n) is 5.69. The van der Waals surface area contributed by atoms with Gasteiger partial charge in [0, 0.05) is 24.1 Å². The lowest BCUT2D eigenvalue weighted by Gasteiger charge is -2.52. The molecule has 3 atom stereocenters. The number of hydrogen-bond donors (Lipinski definition) is 1. The summed E-state index contributed by atoms with van der Waals surface area (Å²) in [6.07, 6.45) is 7.62. The first-order valence-electron chi connectivity index (χ1n) is 12.1. The molecule has 1 N–H and O–H groups in total. The molecule has 1 saturated carbocycles. The van der Waals surface area contributed by atoms with Gasteiger partial charge in [-0.15, -0.1) is 0 Å². The number of likely N-dealkylation sites (tertiary alicyclic amines) is 1. The number of rotatable bonds is 7. The van der Waals surface area contributed by atoms with Crippen LogP contribution in [0.3, 0.4) is 0 Å². The van der Waals surface area contributed by atoms with E-state index in [2.05, 4.69) is 0 Å². The van der Waals surface area contributed by atoms with Gasteiger partial charge in [0.25, 0.3) is 0 Å². The number of hydrogen-bond acceptors (Lipinski definition) is 6. The first-order chi connectivity index (χ1) is 17.0. The molecular weight excluding hydrogens is 446 g/mol. The molecule has 0 unspecified atom stereocenters. The molecule has 0 aromatic heterocycles. The molecule has 1 aliphatic carbocycles. The Labute approximate surface area is 207 Å². The smallest absolute Gasteiger partial charge is 0.247 e. The van der Waals surface area contributed by atoms with Gasteiger partial charge in [-0.1, -0.05) is 31.0 Å². The van der Waals surface area contributed by atoms with Crippen LogP contribution in [0.5, 0.6) is 23.0 Å². The lowest BCUT2D eigenvalue weighted by atomic mass is 9.66. The van der Waals surface area contributed by atoms with Gasteiger partial charge in [-0.25, -0.2) is 0 Å². The van der Waals surface area contributed by atoms with Crippen molar-refractivity contribution in [1.82, 2.24) is 4.90 Å². The standard InChI is InChI=1S/C28H35NO6/c1-32-22-11-6-5-9-20(22)26-21-10-7-8-14-28(21,31)15-16-29(26)25(30)13-12-19-17-23(33-2)27(35-4)24(18-19)34-3/h5-6,9,11-13,17-18,21,26,31H,7-8,10,14-16H2,1-4H3/b13-12+/t21-,26-,28-/m0/s1. The number of carbonyl (C=O) groups is 1. The molecule has 4 rings (SSSR count). The Morgan fingerprint density at radius 1 is 0.971 bits per heavy atom. The molecule has 2 aliphatic rings. The SMILES string of the molecule is COc1ccccc1[C@H]1[C@@H]2CCCC[C@]2(O)CCN1C(=O)/C=C/c1cc(OC)c(OC)c(OC)c1. The predicted molar refractivity (Wildman–Crippen MR) is 134 cm³/mol. The minimum Gasteiger partial charge on any atom is -0.496 e. The maximum atomic E-state index is 13.6. The Kier molecular flexibility index (Phi) is 7.55. The predicted octanol–water partition coefficient (Wildman–Crippen LogP) is 4.63. The molecule has 2 fully saturated rings. The highest BCUT2D eigenvalue weighted by molar-refractivity contribution is 5.92. The van der Waals surface area contributed by atoms with Crippen LogP contribution in [0, 0.1) is 5.92 Å². The number of benzene rings is 2. The number of fused-ring (bicyclic) bond motifs is 1. The van der Waals surface area contributed by atoms with E-state index in [-0.39, 0.29) is 17.9 Å². The van der Waals surface area contributed by atoms with E-state index in [1.165, 1.54) is 0 Å². The molecule has 1 aliphatic heterocycles. The molecule has 35 heavy (non-hydrogen) atoms. The Hall–Kier alpha value is -3.19. The van der Waals surface area contributed by atoms with E-state index in [0.29, 0.717) is 30.2 Å². The lowest BCUT2D eigenvalue weighted by molar-refractivity contribution is -0.151. The highest BCUT2D eigenvalue weighted by Crippen LogP contribution is 2.51. The van der Waals surface area contributed by atoms with Crippen LogP contribution < -0.4 is 18.9 Å². The first kappa shape index (κ1) is 24.9. The molecule has 1 amide bonds. The van der Waals surface area contributed by atoms with Crippen LogP contribution in [-0.4, -0.2) is 56.5 Å². The minimum atomic E-state index is -0.763. The zero-order chi connectivity index (χ0) is 25.0. The summed E-state index contributed by atoms with van der Waals surface area (Å²) in [7, 11) is 6.32. The summed E-state index contributed by atoms with van der Waals surface area (Å²) in [5, 5.41) is 11.5. The molecule has 188 valence electrons. The number of carbonyl (C=O) groups excluding carboxylic acids is 1. The lowest BCUT2D eigenvalue weighted by Crippen LogP contribution is -2.56. The second-order valence-electron chi connectivity index (χ2n) is 9.22. The largest absolute Gasteiger partial charge is 0.496 e. The number of nitrogens with zero attached hydrogens (tertiary/aromatic N) is 1. The summed E-state index contributed by atoms with van der Waals surface area (Å²) >= 11 is 0. The van der Waals surface area contributed by atoms with E-state index in [4.69, 9.17) is 18.9 Å². The summed E-state index contributed by atoms with van der Waals surface area (Å²) in [5.41, 5.74) is 0.934. The second-order valence-corrected chi connectivity index (χ2v) is 9.22. The van der Waals surface area contributed by atoms with Crippen molar-refractivity contribution >= 4 is 12.0 Å². The molecule has 2 aromatic carbocycles. The van der Waals surface area contributed by atoms with Gasteiger partial charge in [-0.3, -0.25) is 4.79 Å². The summed E-state index contributed by atoms with van der Waals surface area (Å²) < 4.78 is 21.9. The maximum absolute atomic E-state index is 13.6. The fraction of sp³-hybridized carbons (Fsp3) is 0.464. The van der Waals surface area contributed by atoms with Crippen molar-refractivity contribution in [1.29, 1.82) is 0 Å². The summed E-state index contributed by atoms with van der Waals surface area (Å²) in [4.78, 5) is 15.5. The van der Waals surface area contributed by atoms with Crippen molar-refractivity contribution < 1.29 is 28.8 Å². The molecule has 1 saturated heterocycles. The summed E-state index contributed by atoms with van der Waals surface area (Å²) in [6.45, 7) is 0.480. The van der Waals surface area contributed by atoms with Crippen LogP contribution in [0.2, 0.25) is 0 Å². The van der Waals surface area contributed by atoms with Crippen LogP contribution in [0.4, 0.5) is 0 Å². The van der Waals surface area contributed by atoms with Crippen molar-refractivity contribution in [3.8, 4) is 23.0 Å². The van der Waals surface area contributed by atoms with Crippen molar-refractivity contribution in [2.45, 2.75) is 43.7 Å². The van der Waals surface area contributed by atoms with Crippen molar-refractivity contribution in [2.24, 2.45) is 5.92 Å². The van der Waals surface area contributed by atoms with E-state index >= 15 is 0 Å². The maximum Gasteiger partial charge on any atom is 0.247 e. The van der Waals surface area contributed by atoms with Crippen LogP contribution in [0.25, 0.3) is 6.08 Å².